The Bertz CT molecular complexity index is 603. The standard InChI is InChI=1S/C13H16N2O3/c1-4-9(17-2)12-14-11-8(13(16)15-12)6-5-7-10(11)18-3/h5-7,9H,4H2,1-3H3,(H,14,15,16). The van der Waals surface area contributed by atoms with Gasteiger partial charge in [0.2, 0.25) is 0 Å². The second-order valence-electron chi connectivity index (χ2n) is 3.94. The highest BCUT2D eigenvalue weighted by molar-refractivity contribution is 5.83. The van der Waals surface area contributed by atoms with Gasteiger partial charge in [0.1, 0.15) is 23.2 Å². The average molecular weight is 248 g/mol. The molecule has 18 heavy (non-hydrogen) atoms. The third-order valence-corrected chi connectivity index (χ3v) is 2.90. The SMILES string of the molecule is CCC(OC)c1nc2c(OC)cccc2c(=O)[nH]1. The number of rotatable bonds is 4. The smallest absolute Gasteiger partial charge is 0.258 e. The maximum atomic E-state index is 12.0. The monoisotopic (exact) mass is 248 g/mol. The van der Waals surface area contributed by atoms with Crippen molar-refractivity contribution in [3.63, 3.8) is 0 Å². The zero-order chi connectivity index (χ0) is 13.1. The number of hydrogen-bond acceptors (Lipinski definition) is 4. The lowest BCUT2D eigenvalue weighted by Gasteiger charge is -2.13. The topological polar surface area (TPSA) is 64.2 Å². The van der Waals surface area contributed by atoms with E-state index in [1.807, 2.05) is 6.92 Å². The molecule has 1 aromatic carbocycles. The molecule has 96 valence electrons. The maximum absolute atomic E-state index is 12.0. The van der Waals surface area contributed by atoms with E-state index in [9.17, 15) is 4.79 Å². The fourth-order valence-corrected chi connectivity index (χ4v) is 1.94. The van der Waals surface area contributed by atoms with E-state index in [2.05, 4.69) is 9.97 Å². The highest BCUT2D eigenvalue weighted by Gasteiger charge is 2.14. The molecule has 0 aliphatic rings. The average Bonchev–Trinajstić information content (AvgIpc) is 2.39. The van der Waals surface area contributed by atoms with Gasteiger partial charge >= 0.3 is 0 Å². The van der Waals surface area contributed by atoms with Gasteiger partial charge in [-0.1, -0.05) is 13.0 Å². The third-order valence-electron chi connectivity index (χ3n) is 2.90. The molecule has 1 aromatic heterocycles. The second-order valence-corrected chi connectivity index (χ2v) is 3.94. The van der Waals surface area contributed by atoms with Gasteiger partial charge in [-0.15, -0.1) is 0 Å². The van der Waals surface area contributed by atoms with Crippen LogP contribution in [0.2, 0.25) is 0 Å². The number of aromatic nitrogens is 2. The Balaban J connectivity index is 2.70. The number of ether oxygens (including phenoxy) is 2. The van der Waals surface area contributed by atoms with Gasteiger partial charge in [0.05, 0.1) is 12.5 Å². The molecule has 0 spiro atoms. The Morgan fingerprint density at radius 2 is 2.17 bits per heavy atom. The molecule has 1 heterocycles. The highest BCUT2D eigenvalue weighted by Crippen LogP contribution is 2.23. The summed E-state index contributed by atoms with van der Waals surface area (Å²) in [6, 6.07) is 5.28. The number of hydrogen-bond donors (Lipinski definition) is 1. The fourth-order valence-electron chi connectivity index (χ4n) is 1.94. The molecule has 5 nitrogen and oxygen atoms in total. The van der Waals surface area contributed by atoms with Crippen molar-refractivity contribution in [2.75, 3.05) is 14.2 Å². The molecule has 2 rings (SSSR count). The fraction of sp³-hybridized carbons (Fsp3) is 0.385. The van der Waals surface area contributed by atoms with Crippen molar-refractivity contribution in [1.82, 2.24) is 9.97 Å². The van der Waals surface area contributed by atoms with Gasteiger partial charge in [0.15, 0.2) is 0 Å². The Morgan fingerprint density at radius 1 is 1.39 bits per heavy atom. The van der Waals surface area contributed by atoms with Crippen LogP contribution in [-0.2, 0) is 4.74 Å². The minimum absolute atomic E-state index is 0.176. The van der Waals surface area contributed by atoms with Gasteiger partial charge in [-0.25, -0.2) is 4.98 Å². The van der Waals surface area contributed by atoms with Crippen molar-refractivity contribution < 1.29 is 9.47 Å². The van der Waals surface area contributed by atoms with Crippen LogP contribution in [0, 0.1) is 0 Å². The summed E-state index contributed by atoms with van der Waals surface area (Å²) in [5.74, 6) is 1.12. The van der Waals surface area contributed by atoms with E-state index in [1.54, 1.807) is 32.4 Å². The molecule has 1 unspecified atom stereocenters. The summed E-state index contributed by atoms with van der Waals surface area (Å²) >= 11 is 0. The van der Waals surface area contributed by atoms with E-state index in [0.717, 1.165) is 6.42 Å². The molecule has 1 N–H and O–H groups in total. The Hall–Kier alpha value is -1.88. The largest absolute Gasteiger partial charge is 0.494 e. The number of methoxy groups -OCH3 is 2. The first-order valence-electron chi connectivity index (χ1n) is 5.81. The van der Waals surface area contributed by atoms with Crippen molar-refractivity contribution in [2.24, 2.45) is 0 Å². The molecule has 0 saturated heterocycles. The van der Waals surface area contributed by atoms with E-state index in [1.165, 1.54) is 0 Å². The van der Waals surface area contributed by atoms with Gasteiger partial charge in [-0.2, -0.15) is 0 Å². The van der Waals surface area contributed by atoms with E-state index >= 15 is 0 Å². The zero-order valence-electron chi connectivity index (χ0n) is 10.7. The molecular formula is C13H16N2O3. The van der Waals surface area contributed by atoms with E-state index in [0.29, 0.717) is 22.5 Å². The number of fused-ring (bicyclic) bond motifs is 1. The molecule has 0 radical (unpaired) electrons. The Morgan fingerprint density at radius 3 is 2.78 bits per heavy atom. The number of H-pyrrole nitrogens is 1. The molecule has 0 bridgehead atoms. The lowest BCUT2D eigenvalue weighted by Crippen LogP contribution is -2.16. The van der Waals surface area contributed by atoms with Crippen LogP contribution >= 0.6 is 0 Å². The van der Waals surface area contributed by atoms with Gasteiger partial charge in [-0.05, 0) is 18.6 Å². The van der Waals surface area contributed by atoms with Crippen molar-refractivity contribution in [3.8, 4) is 5.75 Å². The second kappa shape index (κ2) is 5.18. The summed E-state index contributed by atoms with van der Waals surface area (Å²) in [4.78, 5) is 19.2. The molecule has 1 atom stereocenters. The third kappa shape index (κ3) is 2.09. The summed E-state index contributed by atoms with van der Waals surface area (Å²) in [6.07, 6.45) is 0.520. The molecule has 0 fully saturated rings. The van der Waals surface area contributed by atoms with Crippen LogP contribution in [0.3, 0.4) is 0 Å². The normalized spacial score (nSPS) is 12.6. The summed E-state index contributed by atoms with van der Waals surface area (Å²) in [7, 11) is 3.16. The lowest BCUT2D eigenvalue weighted by atomic mass is 10.2. The van der Waals surface area contributed by atoms with Crippen LogP contribution in [0.5, 0.6) is 5.75 Å². The zero-order valence-corrected chi connectivity index (χ0v) is 10.7. The van der Waals surface area contributed by atoms with Gasteiger partial charge in [0.25, 0.3) is 5.56 Å². The highest BCUT2D eigenvalue weighted by atomic mass is 16.5. The minimum atomic E-state index is -0.216. The van der Waals surface area contributed by atoms with Crippen molar-refractivity contribution >= 4 is 10.9 Å². The predicted molar refractivity (Wildman–Crippen MR) is 69.0 cm³/mol. The van der Waals surface area contributed by atoms with Crippen LogP contribution in [0.25, 0.3) is 10.9 Å². The molecular weight excluding hydrogens is 232 g/mol. The number of nitrogens with one attached hydrogen (secondary N) is 1. The quantitative estimate of drug-likeness (QED) is 0.899. The molecule has 0 aliphatic carbocycles. The molecule has 5 heteroatoms. The van der Waals surface area contributed by atoms with Crippen LogP contribution < -0.4 is 10.3 Å². The number of nitrogens with zero attached hydrogens (tertiary/aromatic N) is 1. The van der Waals surface area contributed by atoms with Crippen LogP contribution in [0.4, 0.5) is 0 Å². The number of para-hydroxylation sites is 1. The van der Waals surface area contributed by atoms with Crippen LogP contribution in [0.15, 0.2) is 23.0 Å². The summed E-state index contributed by atoms with van der Waals surface area (Å²) in [6.45, 7) is 1.97. The number of aromatic amines is 1. The molecule has 0 aliphatic heterocycles. The van der Waals surface area contributed by atoms with Crippen molar-refractivity contribution in [3.05, 3.63) is 34.4 Å². The first-order chi connectivity index (χ1) is 8.71. The Labute approximate surface area is 105 Å². The van der Waals surface area contributed by atoms with Gasteiger partial charge < -0.3 is 14.5 Å². The van der Waals surface area contributed by atoms with E-state index in [4.69, 9.17) is 9.47 Å². The van der Waals surface area contributed by atoms with Crippen LogP contribution in [-0.4, -0.2) is 24.2 Å². The Kier molecular flexibility index (Phi) is 3.62. The lowest BCUT2D eigenvalue weighted by molar-refractivity contribution is 0.0927. The van der Waals surface area contributed by atoms with Gasteiger partial charge in [-0.3, -0.25) is 4.79 Å². The maximum Gasteiger partial charge on any atom is 0.258 e. The summed E-state index contributed by atoms with van der Waals surface area (Å²) in [5, 5.41) is 0.518. The molecule has 2 aromatic rings. The predicted octanol–water partition coefficient (Wildman–Crippen LogP) is 2.03. The van der Waals surface area contributed by atoms with Crippen molar-refractivity contribution in [2.45, 2.75) is 19.4 Å². The van der Waals surface area contributed by atoms with Crippen LogP contribution in [0.1, 0.15) is 25.3 Å². The first-order valence-corrected chi connectivity index (χ1v) is 5.81. The summed E-state index contributed by atoms with van der Waals surface area (Å²) < 4.78 is 10.5. The molecule has 0 saturated carbocycles. The van der Waals surface area contributed by atoms with E-state index < -0.39 is 0 Å². The van der Waals surface area contributed by atoms with E-state index in [-0.39, 0.29) is 11.7 Å². The number of benzene rings is 1. The summed E-state index contributed by atoms with van der Waals surface area (Å²) in [5.41, 5.74) is 0.388. The van der Waals surface area contributed by atoms with Crippen molar-refractivity contribution in [1.29, 1.82) is 0 Å². The molecule has 0 amide bonds. The first kappa shape index (κ1) is 12.6. The minimum Gasteiger partial charge on any atom is -0.494 e. The van der Waals surface area contributed by atoms with Gasteiger partial charge in [0, 0.05) is 7.11 Å².